The molecule has 2 rings (SSSR count). The Morgan fingerprint density at radius 1 is 1.10 bits per heavy atom. The average molecular weight is 290 g/mol. The first-order chi connectivity index (χ1) is 10.1. The largest absolute Gasteiger partial charge is 0.465 e. The van der Waals surface area contributed by atoms with E-state index in [1.807, 2.05) is 0 Å². The van der Waals surface area contributed by atoms with Crippen LogP contribution < -0.4 is 0 Å². The monoisotopic (exact) mass is 290 g/mol. The van der Waals surface area contributed by atoms with Gasteiger partial charge in [0.15, 0.2) is 0 Å². The summed E-state index contributed by atoms with van der Waals surface area (Å²) in [4.78, 5) is 25.4. The molecule has 0 amide bonds. The van der Waals surface area contributed by atoms with Crippen molar-refractivity contribution in [2.24, 2.45) is 17.3 Å². The Kier molecular flexibility index (Phi) is 5.38. The van der Waals surface area contributed by atoms with Crippen LogP contribution in [0.25, 0.3) is 0 Å². The molecule has 0 saturated carbocycles. The van der Waals surface area contributed by atoms with Crippen LogP contribution in [0.5, 0.6) is 0 Å². The zero-order valence-electron chi connectivity index (χ0n) is 13.1. The predicted molar refractivity (Wildman–Crippen MR) is 82.7 cm³/mol. The maximum atomic E-state index is 12.8. The second-order valence-corrected chi connectivity index (χ2v) is 6.08. The molecule has 2 atom stereocenters. The van der Waals surface area contributed by atoms with Gasteiger partial charge in [-0.25, -0.2) is 0 Å². The first kappa shape index (κ1) is 16.0. The molecule has 116 valence electrons. The van der Waals surface area contributed by atoms with E-state index in [0.29, 0.717) is 6.61 Å². The van der Waals surface area contributed by atoms with Gasteiger partial charge >= 0.3 is 5.97 Å². The molecule has 0 aromatic rings. The molecule has 0 bridgehead atoms. The van der Waals surface area contributed by atoms with E-state index in [9.17, 15) is 9.59 Å². The quantitative estimate of drug-likeness (QED) is 0.439. The van der Waals surface area contributed by atoms with Gasteiger partial charge in [0.1, 0.15) is 11.2 Å². The summed E-state index contributed by atoms with van der Waals surface area (Å²) in [5.74, 6) is -0.439. The summed E-state index contributed by atoms with van der Waals surface area (Å²) in [5, 5.41) is 0. The lowest BCUT2D eigenvalue weighted by Gasteiger charge is -2.42. The van der Waals surface area contributed by atoms with Crippen LogP contribution >= 0.6 is 0 Å². The molecule has 0 radical (unpaired) electrons. The first-order valence-corrected chi connectivity index (χ1v) is 8.15. The summed E-state index contributed by atoms with van der Waals surface area (Å²) >= 11 is 0. The first-order valence-electron chi connectivity index (χ1n) is 8.15. The van der Waals surface area contributed by atoms with Gasteiger partial charge in [-0.2, -0.15) is 0 Å². The molecular weight excluding hydrogens is 264 g/mol. The average Bonchev–Trinajstić information content (AvgIpc) is 2.50. The second kappa shape index (κ2) is 7.06. The van der Waals surface area contributed by atoms with Gasteiger partial charge < -0.3 is 4.74 Å². The topological polar surface area (TPSA) is 43.4 Å². The number of hydrogen-bond acceptors (Lipinski definition) is 3. The minimum absolute atomic E-state index is 0.0319. The van der Waals surface area contributed by atoms with Crippen LogP contribution in [0.1, 0.15) is 52.4 Å². The number of Topliss-reactive ketones (excluding diaryl/α,β-unsaturated/α-hetero) is 1. The van der Waals surface area contributed by atoms with E-state index in [0.717, 1.165) is 38.5 Å². The summed E-state index contributed by atoms with van der Waals surface area (Å²) < 4.78 is 5.35. The molecule has 3 heteroatoms. The van der Waals surface area contributed by atoms with Gasteiger partial charge in [-0.1, -0.05) is 24.3 Å². The molecule has 3 nitrogen and oxygen atoms in total. The third-order valence-corrected chi connectivity index (χ3v) is 4.87. The fraction of sp³-hybridized carbons (Fsp3) is 0.667. The summed E-state index contributed by atoms with van der Waals surface area (Å²) in [7, 11) is 0. The third kappa shape index (κ3) is 2.97. The van der Waals surface area contributed by atoms with Crippen LogP contribution in [-0.4, -0.2) is 18.4 Å². The smallest absolute Gasteiger partial charge is 0.320 e. The van der Waals surface area contributed by atoms with E-state index in [-0.39, 0.29) is 23.6 Å². The maximum Gasteiger partial charge on any atom is 0.320 e. The molecule has 0 aromatic heterocycles. The van der Waals surface area contributed by atoms with Crippen LogP contribution in [-0.2, 0) is 14.3 Å². The fourth-order valence-electron chi connectivity index (χ4n) is 3.88. The molecule has 0 saturated heterocycles. The van der Waals surface area contributed by atoms with Crippen molar-refractivity contribution in [2.75, 3.05) is 6.61 Å². The minimum Gasteiger partial charge on any atom is -0.465 e. The van der Waals surface area contributed by atoms with Crippen molar-refractivity contribution >= 4 is 11.8 Å². The Balaban J connectivity index is 2.47. The normalized spacial score (nSPS) is 27.9. The lowest BCUT2D eigenvalue weighted by atomic mass is 9.59. The van der Waals surface area contributed by atoms with Gasteiger partial charge in [-0.3, -0.25) is 9.59 Å². The summed E-state index contributed by atoms with van der Waals surface area (Å²) in [5.41, 5.74) is -1.02. The van der Waals surface area contributed by atoms with Gasteiger partial charge in [0.2, 0.25) is 0 Å². The molecular formula is C18H26O3. The van der Waals surface area contributed by atoms with E-state index in [1.165, 1.54) is 0 Å². The molecule has 0 aliphatic heterocycles. The number of esters is 1. The standard InChI is InChI=1S/C18H26O3/c1-3-21-17(20)18(14(2)19,15-10-6-4-7-11-15)16-12-8-5-9-13-16/h6,8,10,12,15-16H,3-5,7,9,11,13H2,1-2H3. The molecule has 21 heavy (non-hydrogen) atoms. The van der Waals surface area contributed by atoms with Crippen LogP contribution in [0.3, 0.4) is 0 Å². The van der Waals surface area contributed by atoms with Crippen molar-refractivity contribution in [1.82, 2.24) is 0 Å². The molecule has 0 spiro atoms. The van der Waals surface area contributed by atoms with Crippen molar-refractivity contribution in [3.63, 3.8) is 0 Å². The van der Waals surface area contributed by atoms with E-state index < -0.39 is 5.41 Å². The van der Waals surface area contributed by atoms with Crippen molar-refractivity contribution in [3.8, 4) is 0 Å². The molecule has 0 N–H and O–H groups in total. The van der Waals surface area contributed by atoms with E-state index in [4.69, 9.17) is 4.74 Å². The number of rotatable bonds is 5. The number of allylic oxidation sites excluding steroid dienone is 4. The van der Waals surface area contributed by atoms with E-state index in [2.05, 4.69) is 24.3 Å². The molecule has 2 aliphatic rings. The highest BCUT2D eigenvalue weighted by Gasteiger charge is 2.54. The lowest BCUT2D eigenvalue weighted by Crippen LogP contribution is -2.51. The van der Waals surface area contributed by atoms with E-state index in [1.54, 1.807) is 13.8 Å². The van der Waals surface area contributed by atoms with Crippen molar-refractivity contribution < 1.29 is 14.3 Å². The van der Waals surface area contributed by atoms with Crippen molar-refractivity contribution in [3.05, 3.63) is 24.3 Å². The second-order valence-electron chi connectivity index (χ2n) is 6.08. The van der Waals surface area contributed by atoms with Crippen LogP contribution in [0.4, 0.5) is 0 Å². The summed E-state index contributed by atoms with van der Waals surface area (Å²) in [6.45, 7) is 3.68. The molecule has 0 fully saturated rings. The minimum atomic E-state index is -1.02. The lowest BCUT2D eigenvalue weighted by molar-refractivity contribution is -0.166. The Hall–Kier alpha value is -1.38. The van der Waals surface area contributed by atoms with Gasteiger partial charge in [0.25, 0.3) is 0 Å². The number of carbonyl (C=O) groups is 2. The van der Waals surface area contributed by atoms with E-state index >= 15 is 0 Å². The van der Waals surface area contributed by atoms with Gasteiger partial charge in [0, 0.05) is 11.8 Å². The molecule has 0 aromatic carbocycles. The zero-order chi connectivity index (χ0) is 15.3. The maximum absolute atomic E-state index is 12.8. The van der Waals surface area contributed by atoms with Gasteiger partial charge in [-0.15, -0.1) is 0 Å². The number of hydrogen-bond donors (Lipinski definition) is 0. The molecule has 2 aliphatic carbocycles. The van der Waals surface area contributed by atoms with Crippen molar-refractivity contribution in [2.45, 2.75) is 52.4 Å². The van der Waals surface area contributed by atoms with Crippen LogP contribution in [0.15, 0.2) is 24.3 Å². The Morgan fingerprint density at radius 3 is 1.95 bits per heavy atom. The predicted octanol–water partition coefficient (Wildman–Crippen LogP) is 3.84. The zero-order valence-corrected chi connectivity index (χ0v) is 13.1. The van der Waals surface area contributed by atoms with Gasteiger partial charge in [0.05, 0.1) is 6.61 Å². The Morgan fingerprint density at radius 2 is 1.62 bits per heavy atom. The number of ketones is 1. The Labute approximate surface area is 127 Å². The Bertz CT molecular complexity index is 423. The highest BCUT2D eigenvalue weighted by atomic mass is 16.5. The highest BCUT2D eigenvalue weighted by Crippen LogP contribution is 2.47. The summed E-state index contributed by atoms with van der Waals surface area (Å²) in [6.07, 6.45) is 14.3. The molecule has 0 heterocycles. The van der Waals surface area contributed by atoms with Crippen LogP contribution in [0, 0.1) is 17.3 Å². The van der Waals surface area contributed by atoms with Crippen LogP contribution in [0.2, 0.25) is 0 Å². The fourth-order valence-corrected chi connectivity index (χ4v) is 3.88. The number of carbonyl (C=O) groups excluding carboxylic acids is 2. The summed E-state index contributed by atoms with van der Waals surface area (Å²) in [6, 6.07) is 0. The van der Waals surface area contributed by atoms with Gasteiger partial charge in [-0.05, 0) is 52.4 Å². The highest BCUT2D eigenvalue weighted by molar-refractivity contribution is 6.04. The third-order valence-electron chi connectivity index (χ3n) is 4.87. The molecule has 2 unspecified atom stereocenters. The SMILES string of the molecule is CCOC(=O)C(C(C)=O)(C1C=CCCC1)C1C=CCCC1. The number of ether oxygens (including phenoxy) is 1. The van der Waals surface area contributed by atoms with Crippen molar-refractivity contribution in [1.29, 1.82) is 0 Å².